The number of rotatable bonds is 5. The van der Waals surface area contributed by atoms with Crippen LogP contribution in [0.15, 0.2) is 194 Å². The van der Waals surface area contributed by atoms with Crippen molar-refractivity contribution in [2.24, 2.45) is 0 Å². The second kappa shape index (κ2) is 13.0. The summed E-state index contributed by atoms with van der Waals surface area (Å²) in [5, 5.41) is 7.23. The summed E-state index contributed by atoms with van der Waals surface area (Å²) in [6.45, 7) is 4.74. The molecule has 11 rings (SSSR count). The molecule has 0 bridgehead atoms. The topological polar surface area (TPSA) is 25.8 Å². The van der Waals surface area contributed by atoms with E-state index in [0.29, 0.717) is 5.82 Å². The van der Waals surface area contributed by atoms with E-state index >= 15 is 0 Å². The molecule has 0 saturated heterocycles. The average molecular weight is 727 g/mol. The van der Waals surface area contributed by atoms with Gasteiger partial charge in [-0.3, -0.25) is 0 Å². The van der Waals surface area contributed by atoms with Crippen molar-refractivity contribution in [2.75, 3.05) is 0 Å². The van der Waals surface area contributed by atoms with Gasteiger partial charge in [0.05, 0.1) is 11.4 Å². The van der Waals surface area contributed by atoms with Gasteiger partial charge in [-0.15, -0.1) is 0 Å². The predicted octanol–water partition coefficient (Wildman–Crippen LogP) is 14.6. The van der Waals surface area contributed by atoms with Crippen LogP contribution in [0.5, 0.6) is 0 Å². The van der Waals surface area contributed by atoms with Crippen molar-refractivity contribution in [3.05, 3.63) is 205 Å². The van der Waals surface area contributed by atoms with Gasteiger partial charge >= 0.3 is 0 Å². The van der Waals surface area contributed by atoms with Crippen LogP contribution in [0.1, 0.15) is 25.0 Å². The summed E-state index contributed by atoms with van der Waals surface area (Å²) in [6.07, 6.45) is 0. The molecule has 10 aromatic rings. The van der Waals surface area contributed by atoms with Gasteiger partial charge < -0.3 is 0 Å². The van der Waals surface area contributed by atoms with E-state index in [1.54, 1.807) is 0 Å². The minimum atomic E-state index is -0.119. The Kier molecular flexibility index (Phi) is 7.55. The van der Waals surface area contributed by atoms with Crippen LogP contribution in [0.4, 0.5) is 0 Å². The van der Waals surface area contributed by atoms with Gasteiger partial charge in [0.2, 0.25) is 0 Å². The monoisotopic (exact) mass is 726 g/mol. The highest BCUT2D eigenvalue weighted by Crippen LogP contribution is 2.55. The first-order chi connectivity index (χ1) is 28.0. The van der Waals surface area contributed by atoms with Gasteiger partial charge in [-0.1, -0.05) is 202 Å². The lowest BCUT2D eigenvalue weighted by Crippen LogP contribution is -2.14. The molecule has 0 radical (unpaired) electrons. The first-order valence-corrected chi connectivity index (χ1v) is 19.8. The second-order valence-corrected chi connectivity index (χ2v) is 15.7. The zero-order chi connectivity index (χ0) is 38.1. The molecule has 268 valence electrons. The van der Waals surface area contributed by atoms with E-state index in [2.05, 4.69) is 208 Å². The maximum atomic E-state index is 5.43. The summed E-state index contributed by atoms with van der Waals surface area (Å²) in [7, 11) is 0. The molecular formula is C55H38N2. The van der Waals surface area contributed by atoms with E-state index < -0.39 is 0 Å². The fraction of sp³-hybridized carbons (Fsp3) is 0.0545. The minimum Gasteiger partial charge on any atom is -0.228 e. The first kappa shape index (κ1) is 33.2. The summed E-state index contributed by atoms with van der Waals surface area (Å²) < 4.78 is 0. The Morgan fingerprint density at radius 2 is 0.860 bits per heavy atom. The van der Waals surface area contributed by atoms with Gasteiger partial charge in [-0.05, 0) is 82.9 Å². The van der Waals surface area contributed by atoms with E-state index in [4.69, 9.17) is 9.97 Å². The third-order valence-electron chi connectivity index (χ3n) is 12.1. The highest BCUT2D eigenvalue weighted by Gasteiger charge is 2.38. The number of aromatic nitrogens is 2. The summed E-state index contributed by atoms with van der Waals surface area (Å²) in [6, 6.07) is 70.0. The number of nitrogens with zero attached hydrogens (tertiary/aromatic N) is 2. The summed E-state index contributed by atoms with van der Waals surface area (Å²) >= 11 is 0. The Morgan fingerprint density at radius 3 is 1.65 bits per heavy atom. The third kappa shape index (κ3) is 5.25. The largest absolute Gasteiger partial charge is 0.228 e. The molecule has 1 aromatic heterocycles. The fourth-order valence-corrected chi connectivity index (χ4v) is 9.37. The van der Waals surface area contributed by atoms with Crippen molar-refractivity contribution in [1.29, 1.82) is 0 Å². The molecule has 0 N–H and O–H groups in total. The van der Waals surface area contributed by atoms with Crippen molar-refractivity contribution in [1.82, 2.24) is 9.97 Å². The molecule has 1 aliphatic carbocycles. The molecule has 1 heterocycles. The summed E-state index contributed by atoms with van der Waals surface area (Å²) in [5.74, 6) is 0.710. The van der Waals surface area contributed by atoms with Crippen molar-refractivity contribution in [3.8, 4) is 67.3 Å². The Balaban J connectivity index is 1.16. The Labute approximate surface area is 332 Å². The highest BCUT2D eigenvalue weighted by atomic mass is 14.9. The van der Waals surface area contributed by atoms with Crippen LogP contribution in [-0.2, 0) is 5.41 Å². The molecule has 9 aromatic carbocycles. The van der Waals surface area contributed by atoms with Gasteiger partial charge in [0, 0.05) is 22.1 Å². The smallest absolute Gasteiger partial charge is 0.161 e. The second-order valence-electron chi connectivity index (χ2n) is 15.7. The molecule has 0 fully saturated rings. The van der Waals surface area contributed by atoms with E-state index in [-0.39, 0.29) is 5.41 Å². The lowest BCUT2D eigenvalue weighted by molar-refractivity contribution is 0.661. The van der Waals surface area contributed by atoms with Crippen LogP contribution in [-0.4, -0.2) is 9.97 Å². The lowest BCUT2D eigenvalue weighted by atomic mass is 9.81. The van der Waals surface area contributed by atoms with Crippen molar-refractivity contribution in [2.45, 2.75) is 19.3 Å². The molecule has 0 unspecified atom stereocenters. The van der Waals surface area contributed by atoms with Gasteiger partial charge in [0.25, 0.3) is 0 Å². The number of fused-ring (bicyclic) bond motifs is 7. The summed E-state index contributed by atoms with van der Waals surface area (Å²) in [5.41, 5.74) is 15.1. The van der Waals surface area contributed by atoms with Crippen LogP contribution in [0.3, 0.4) is 0 Å². The van der Waals surface area contributed by atoms with Crippen LogP contribution < -0.4 is 0 Å². The van der Waals surface area contributed by atoms with Crippen LogP contribution >= 0.6 is 0 Å². The van der Waals surface area contributed by atoms with Crippen LogP contribution in [0.2, 0.25) is 0 Å². The minimum absolute atomic E-state index is 0.119. The number of hydrogen-bond donors (Lipinski definition) is 0. The van der Waals surface area contributed by atoms with Crippen LogP contribution in [0, 0.1) is 0 Å². The molecule has 0 spiro atoms. The molecule has 2 heteroatoms. The van der Waals surface area contributed by atoms with E-state index in [9.17, 15) is 0 Å². The predicted molar refractivity (Wildman–Crippen MR) is 239 cm³/mol. The van der Waals surface area contributed by atoms with Crippen molar-refractivity contribution < 1.29 is 0 Å². The van der Waals surface area contributed by atoms with Gasteiger partial charge in [0.15, 0.2) is 5.82 Å². The molecule has 0 atom stereocenters. The standard InChI is InChI=1S/C55H38N2/c1-55(2)48-29-15-27-46(53(48)52-40-23-9-7-19-37(40)30-33-49(52)55)43-31-32-45(42-25-12-11-24-41(42)43)51-34-50(44-26-13-10-21-38(44)35-16-4-3-5-17-35)56-54(57-51)47-28-14-20-36-18-6-8-22-39(36)47/h3-34H,1-2H3. The zero-order valence-corrected chi connectivity index (χ0v) is 31.9. The maximum absolute atomic E-state index is 5.43. The SMILES string of the molecule is CC1(C)c2cccc(-c3ccc(-c4cc(-c5ccccc5-c5ccccc5)nc(-c5cccc6ccccc56)n4)c4ccccc34)c2-c2c1ccc1ccccc21. The van der Waals surface area contributed by atoms with Gasteiger partial charge in [0.1, 0.15) is 0 Å². The van der Waals surface area contributed by atoms with E-state index in [1.807, 2.05) is 0 Å². The molecule has 57 heavy (non-hydrogen) atoms. The molecular weight excluding hydrogens is 689 g/mol. The normalized spacial score (nSPS) is 12.9. The Morgan fingerprint density at radius 1 is 0.333 bits per heavy atom. The van der Waals surface area contributed by atoms with Gasteiger partial charge in [-0.25, -0.2) is 9.97 Å². The Bertz CT molecular complexity index is 3210. The number of hydrogen-bond acceptors (Lipinski definition) is 2. The van der Waals surface area contributed by atoms with E-state index in [1.165, 1.54) is 49.5 Å². The van der Waals surface area contributed by atoms with Crippen molar-refractivity contribution in [3.63, 3.8) is 0 Å². The molecule has 1 aliphatic rings. The molecule has 2 nitrogen and oxygen atoms in total. The lowest BCUT2D eigenvalue weighted by Gasteiger charge is -2.22. The number of benzene rings is 9. The molecule has 0 saturated carbocycles. The zero-order valence-electron chi connectivity index (χ0n) is 31.9. The fourth-order valence-electron chi connectivity index (χ4n) is 9.37. The molecule has 0 aliphatic heterocycles. The summed E-state index contributed by atoms with van der Waals surface area (Å²) in [4.78, 5) is 10.8. The van der Waals surface area contributed by atoms with Crippen molar-refractivity contribution >= 4 is 32.3 Å². The van der Waals surface area contributed by atoms with Crippen LogP contribution in [0.25, 0.3) is 99.6 Å². The maximum Gasteiger partial charge on any atom is 0.161 e. The first-order valence-electron chi connectivity index (χ1n) is 19.8. The Hall–Kier alpha value is -7.16. The quantitative estimate of drug-likeness (QED) is 0.176. The molecule has 0 amide bonds. The van der Waals surface area contributed by atoms with Gasteiger partial charge in [-0.2, -0.15) is 0 Å². The highest BCUT2D eigenvalue weighted by molar-refractivity contribution is 6.11. The van der Waals surface area contributed by atoms with E-state index in [0.717, 1.165) is 55.4 Å². The third-order valence-corrected chi connectivity index (χ3v) is 12.1. The average Bonchev–Trinajstić information content (AvgIpc) is 3.52.